The van der Waals surface area contributed by atoms with Gasteiger partial charge in [0.25, 0.3) is 5.69 Å². The molecule has 0 saturated heterocycles. The van der Waals surface area contributed by atoms with Gasteiger partial charge in [-0.25, -0.2) is 0 Å². The summed E-state index contributed by atoms with van der Waals surface area (Å²) in [7, 11) is 1.33. The number of carboxylic acid groups (broad SMARTS) is 1. The topological polar surface area (TPSA) is 89.7 Å². The highest BCUT2D eigenvalue weighted by Gasteiger charge is 2.19. The van der Waals surface area contributed by atoms with Gasteiger partial charge < -0.3 is 9.84 Å². The minimum Gasteiger partial charge on any atom is -0.496 e. The molecular weight excluding hydrogens is 238 g/mol. The van der Waals surface area contributed by atoms with Crippen LogP contribution in [0.1, 0.15) is 5.56 Å². The van der Waals surface area contributed by atoms with E-state index in [0.717, 1.165) is 6.07 Å². The van der Waals surface area contributed by atoms with Crippen molar-refractivity contribution in [2.45, 2.75) is 6.42 Å². The Kier molecular flexibility index (Phi) is 3.68. The second-order valence-electron chi connectivity index (χ2n) is 2.95. The molecule has 0 aromatic heterocycles. The summed E-state index contributed by atoms with van der Waals surface area (Å²) in [5, 5.41) is 19.1. The van der Waals surface area contributed by atoms with Crippen molar-refractivity contribution in [1.29, 1.82) is 0 Å². The molecule has 0 bridgehead atoms. The molecule has 1 aromatic rings. The van der Waals surface area contributed by atoms with E-state index in [-0.39, 0.29) is 22.0 Å². The number of carboxylic acids is 1. The van der Waals surface area contributed by atoms with Crippen molar-refractivity contribution in [3.8, 4) is 5.75 Å². The van der Waals surface area contributed by atoms with Crippen molar-refractivity contribution in [2.24, 2.45) is 0 Å². The van der Waals surface area contributed by atoms with Gasteiger partial charge in [-0.3, -0.25) is 14.9 Å². The molecule has 16 heavy (non-hydrogen) atoms. The average Bonchev–Trinajstić information content (AvgIpc) is 2.19. The van der Waals surface area contributed by atoms with E-state index >= 15 is 0 Å². The van der Waals surface area contributed by atoms with Crippen molar-refractivity contribution in [2.75, 3.05) is 7.11 Å². The second-order valence-corrected chi connectivity index (χ2v) is 3.33. The summed E-state index contributed by atoms with van der Waals surface area (Å²) in [6.07, 6.45) is -0.392. The van der Waals surface area contributed by atoms with E-state index in [1.165, 1.54) is 13.2 Å². The number of hydrogen-bond acceptors (Lipinski definition) is 4. The SMILES string of the molecule is COc1cc(CC(=O)O)c(Cl)c([N+](=O)[O-])c1. The zero-order valence-corrected chi connectivity index (χ0v) is 9.02. The molecule has 0 aliphatic heterocycles. The molecule has 0 fully saturated rings. The minimum absolute atomic E-state index is 0.153. The fourth-order valence-corrected chi connectivity index (χ4v) is 1.43. The lowest BCUT2D eigenvalue weighted by Gasteiger charge is -2.05. The molecule has 0 atom stereocenters. The smallest absolute Gasteiger partial charge is 0.307 e. The van der Waals surface area contributed by atoms with Gasteiger partial charge in [-0.05, 0) is 11.6 Å². The van der Waals surface area contributed by atoms with Gasteiger partial charge in [-0.1, -0.05) is 11.6 Å². The Morgan fingerprint density at radius 1 is 1.62 bits per heavy atom. The first-order valence-corrected chi connectivity index (χ1v) is 4.56. The predicted octanol–water partition coefficient (Wildman–Crippen LogP) is 1.88. The van der Waals surface area contributed by atoms with Crippen molar-refractivity contribution in [3.63, 3.8) is 0 Å². The molecule has 86 valence electrons. The number of hydrogen-bond donors (Lipinski definition) is 1. The molecule has 0 unspecified atom stereocenters. The van der Waals surface area contributed by atoms with Gasteiger partial charge in [0, 0.05) is 0 Å². The van der Waals surface area contributed by atoms with Crippen molar-refractivity contribution in [3.05, 3.63) is 32.8 Å². The number of carbonyl (C=O) groups is 1. The summed E-state index contributed by atoms with van der Waals surface area (Å²) in [6.45, 7) is 0. The Balaban J connectivity index is 3.31. The highest BCUT2D eigenvalue weighted by Crippen LogP contribution is 2.33. The summed E-state index contributed by atoms with van der Waals surface area (Å²) in [4.78, 5) is 20.5. The number of halogens is 1. The Morgan fingerprint density at radius 3 is 2.69 bits per heavy atom. The van der Waals surface area contributed by atoms with Gasteiger partial charge in [-0.2, -0.15) is 0 Å². The standard InChI is InChI=1S/C9H8ClNO5/c1-16-6-2-5(3-8(12)13)9(10)7(4-6)11(14)15/h2,4H,3H2,1H3,(H,12,13). The molecule has 0 saturated carbocycles. The van der Waals surface area contributed by atoms with Gasteiger partial charge in [0.2, 0.25) is 0 Å². The number of nitro groups is 1. The lowest BCUT2D eigenvalue weighted by atomic mass is 10.1. The zero-order valence-electron chi connectivity index (χ0n) is 8.27. The van der Waals surface area contributed by atoms with Gasteiger partial charge in [-0.15, -0.1) is 0 Å². The van der Waals surface area contributed by atoms with Crippen LogP contribution >= 0.6 is 11.6 Å². The first kappa shape index (κ1) is 12.3. The maximum atomic E-state index is 10.6. The molecule has 7 heteroatoms. The van der Waals surface area contributed by atoms with Crippen LogP contribution in [-0.2, 0) is 11.2 Å². The summed E-state index contributed by atoms with van der Waals surface area (Å²) in [6, 6.07) is 2.51. The molecular formula is C9H8ClNO5. The molecule has 1 N–H and O–H groups in total. The fourth-order valence-electron chi connectivity index (χ4n) is 1.18. The number of nitrogens with zero attached hydrogens (tertiary/aromatic N) is 1. The number of rotatable bonds is 4. The number of aliphatic carboxylic acids is 1. The number of nitro benzene ring substituents is 1. The lowest BCUT2D eigenvalue weighted by molar-refractivity contribution is -0.384. The Morgan fingerprint density at radius 2 is 2.25 bits per heavy atom. The minimum atomic E-state index is -1.12. The van der Waals surface area contributed by atoms with E-state index in [0.29, 0.717) is 0 Å². The van der Waals surface area contributed by atoms with Crippen molar-refractivity contribution >= 4 is 23.3 Å². The summed E-state index contributed by atoms with van der Waals surface area (Å²) in [5.74, 6) is -0.920. The number of ether oxygens (including phenoxy) is 1. The molecule has 0 aliphatic carbocycles. The first-order chi connectivity index (χ1) is 7.45. The molecule has 0 heterocycles. The molecule has 1 aromatic carbocycles. The molecule has 0 amide bonds. The normalized spacial score (nSPS) is 9.88. The second kappa shape index (κ2) is 4.80. The largest absolute Gasteiger partial charge is 0.496 e. The average molecular weight is 246 g/mol. The molecule has 0 aliphatic rings. The third-order valence-corrected chi connectivity index (χ3v) is 2.31. The molecule has 0 spiro atoms. The van der Waals surface area contributed by atoms with Crippen molar-refractivity contribution < 1.29 is 19.6 Å². The van der Waals surface area contributed by atoms with Crippen LogP contribution in [0.4, 0.5) is 5.69 Å². The maximum absolute atomic E-state index is 10.6. The van der Waals surface area contributed by atoms with Crippen LogP contribution in [0.5, 0.6) is 5.75 Å². The quantitative estimate of drug-likeness (QED) is 0.646. The Labute approximate surface area is 95.6 Å². The van der Waals surface area contributed by atoms with Gasteiger partial charge in [0.05, 0.1) is 24.5 Å². The van der Waals surface area contributed by atoms with Crippen LogP contribution in [0.15, 0.2) is 12.1 Å². The monoisotopic (exact) mass is 245 g/mol. The summed E-state index contributed by atoms with van der Waals surface area (Å²) in [5.41, 5.74) is -0.211. The van der Waals surface area contributed by atoms with E-state index in [1.54, 1.807) is 0 Å². The third-order valence-electron chi connectivity index (χ3n) is 1.88. The third kappa shape index (κ3) is 2.60. The van der Waals surface area contributed by atoms with Crippen LogP contribution < -0.4 is 4.74 Å². The van der Waals surface area contributed by atoms with Gasteiger partial charge in [0.1, 0.15) is 10.8 Å². The first-order valence-electron chi connectivity index (χ1n) is 4.18. The Bertz CT molecular complexity index is 446. The highest BCUT2D eigenvalue weighted by atomic mass is 35.5. The fraction of sp³-hybridized carbons (Fsp3) is 0.222. The number of benzene rings is 1. The van der Waals surface area contributed by atoms with Crippen molar-refractivity contribution in [1.82, 2.24) is 0 Å². The van der Waals surface area contributed by atoms with Crippen LogP contribution in [-0.4, -0.2) is 23.1 Å². The van der Waals surface area contributed by atoms with Crippen LogP contribution in [0.25, 0.3) is 0 Å². The van der Waals surface area contributed by atoms with Crippen LogP contribution in [0.2, 0.25) is 5.02 Å². The highest BCUT2D eigenvalue weighted by molar-refractivity contribution is 6.33. The predicted molar refractivity (Wildman–Crippen MR) is 56.0 cm³/mol. The maximum Gasteiger partial charge on any atom is 0.307 e. The molecule has 0 radical (unpaired) electrons. The molecule has 6 nitrogen and oxygen atoms in total. The van der Waals surface area contributed by atoms with E-state index in [9.17, 15) is 14.9 Å². The summed E-state index contributed by atoms with van der Waals surface area (Å²) < 4.78 is 4.83. The van der Waals surface area contributed by atoms with Crippen LogP contribution in [0, 0.1) is 10.1 Å². The van der Waals surface area contributed by atoms with Gasteiger partial charge >= 0.3 is 5.97 Å². The van der Waals surface area contributed by atoms with E-state index in [4.69, 9.17) is 21.4 Å². The zero-order chi connectivity index (χ0) is 12.3. The van der Waals surface area contributed by atoms with E-state index in [1.807, 2.05) is 0 Å². The van der Waals surface area contributed by atoms with E-state index in [2.05, 4.69) is 0 Å². The number of methoxy groups -OCH3 is 1. The van der Waals surface area contributed by atoms with E-state index < -0.39 is 17.3 Å². The lowest BCUT2D eigenvalue weighted by Crippen LogP contribution is -2.03. The summed E-state index contributed by atoms with van der Waals surface area (Å²) >= 11 is 5.72. The van der Waals surface area contributed by atoms with Gasteiger partial charge in [0.15, 0.2) is 0 Å². The van der Waals surface area contributed by atoms with Crippen LogP contribution in [0.3, 0.4) is 0 Å². The molecule has 1 rings (SSSR count). The Hall–Kier alpha value is -1.82.